The van der Waals surface area contributed by atoms with Gasteiger partial charge in [0.25, 0.3) is 0 Å². The van der Waals surface area contributed by atoms with E-state index in [4.69, 9.17) is 11.6 Å². The molecule has 0 saturated carbocycles. The third-order valence-corrected chi connectivity index (χ3v) is 2.30. The highest BCUT2D eigenvalue weighted by atomic mass is 35.5. The van der Waals surface area contributed by atoms with Crippen molar-refractivity contribution in [3.05, 3.63) is 34.3 Å². The second-order valence-corrected chi connectivity index (χ2v) is 4.32. The van der Waals surface area contributed by atoms with Gasteiger partial charge >= 0.3 is 6.18 Å². The molecular formula is C11H12ClF3. The number of alkyl halides is 3. The van der Waals surface area contributed by atoms with E-state index >= 15 is 0 Å². The molecule has 0 unspecified atom stereocenters. The molecule has 0 nitrogen and oxygen atoms in total. The van der Waals surface area contributed by atoms with E-state index in [-0.39, 0.29) is 5.02 Å². The van der Waals surface area contributed by atoms with Gasteiger partial charge in [-0.2, -0.15) is 13.2 Å². The maximum atomic E-state index is 12.4. The monoisotopic (exact) mass is 236 g/mol. The fourth-order valence-electron chi connectivity index (χ4n) is 1.39. The molecule has 4 heteroatoms. The molecule has 0 aliphatic rings. The van der Waals surface area contributed by atoms with Gasteiger partial charge in [0.1, 0.15) is 0 Å². The van der Waals surface area contributed by atoms with E-state index in [0.29, 0.717) is 5.92 Å². The van der Waals surface area contributed by atoms with Crippen LogP contribution in [0, 0.1) is 5.92 Å². The first kappa shape index (κ1) is 12.4. The predicted molar refractivity (Wildman–Crippen MR) is 55.0 cm³/mol. The molecule has 0 aliphatic carbocycles. The van der Waals surface area contributed by atoms with Gasteiger partial charge in [0.05, 0.1) is 10.6 Å². The summed E-state index contributed by atoms with van der Waals surface area (Å²) >= 11 is 5.58. The maximum Gasteiger partial charge on any atom is 0.417 e. The first-order valence-corrected chi connectivity index (χ1v) is 5.04. The topological polar surface area (TPSA) is 0 Å². The summed E-state index contributed by atoms with van der Waals surface area (Å²) in [5.74, 6) is 0.401. The minimum atomic E-state index is -4.37. The highest BCUT2D eigenvalue weighted by molar-refractivity contribution is 6.31. The highest BCUT2D eigenvalue weighted by Gasteiger charge is 2.32. The zero-order valence-corrected chi connectivity index (χ0v) is 9.28. The summed E-state index contributed by atoms with van der Waals surface area (Å²) in [4.78, 5) is 0. The van der Waals surface area contributed by atoms with E-state index in [0.717, 1.165) is 18.1 Å². The van der Waals surface area contributed by atoms with Crippen molar-refractivity contribution in [3.63, 3.8) is 0 Å². The van der Waals surface area contributed by atoms with Gasteiger partial charge in [-0.15, -0.1) is 0 Å². The first-order valence-electron chi connectivity index (χ1n) is 4.66. The van der Waals surface area contributed by atoms with Gasteiger partial charge in [-0.3, -0.25) is 0 Å². The van der Waals surface area contributed by atoms with Crippen molar-refractivity contribution in [1.82, 2.24) is 0 Å². The highest BCUT2D eigenvalue weighted by Crippen LogP contribution is 2.35. The fraction of sp³-hybridized carbons (Fsp3) is 0.455. The van der Waals surface area contributed by atoms with Gasteiger partial charge in [-0.25, -0.2) is 0 Å². The van der Waals surface area contributed by atoms with Crippen molar-refractivity contribution >= 4 is 11.6 Å². The molecule has 1 aromatic rings. The Hall–Kier alpha value is -0.700. The third kappa shape index (κ3) is 3.42. The molecule has 0 fully saturated rings. The van der Waals surface area contributed by atoms with Crippen molar-refractivity contribution in [2.24, 2.45) is 5.92 Å². The van der Waals surface area contributed by atoms with E-state index in [1.54, 1.807) is 0 Å². The molecule has 1 aromatic carbocycles. The second kappa shape index (κ2) is 4.44. The largest absolute Gasteiger partial charge is 0.417 e. The molecule has 0 atom stereocenters. The summed E-state index contributed by atoms with van der Waals surface area (Å²) in [6.45, 7) is 4.01. The van der Waals surface area contributed by atoms with Crippen LogP contribution in [0.1, 0.15) is 25.0 Å². The number of hydrogen-bond donors (Lipinski definition) is 0. The molecule has 0 saturated heterocycles. The van der Waals surface area contributed by atoms with E-state index in [9.17, 15) is 13.2 Å². The Kier molecular flexibility index (Phi) is 3.66. The van der Waals surface area contributed by atoms with Crippen LogP contribution in [0.25, 0.3) is 0 Å². The van der Waals surface area contributed by atoms with E-state index < -0.39 is 11.7 Å². The van der Waals surface area contributed by atoms with Crippen LogP contribution in [0.15, 0.2) is 18.2 Å². The molecular weight excluding hydrogens is 225 g/mol. The van der Waals surface area contributed by atoms with Crippen LogP contribution in [-0.2, 0) is 12.6 Å². The lowest BCUT2D eigenvalue weighted by Crippen LogP contribution is -2.06. The molecule has 0 aliphatic heterocycles. The molecule has 0 amide bonds. The Morgan fingerprint density at radius 3 is 2.27 bits per heavy atom. The van der Waals surface area contributed by atoms with Gasteiger partial charge in [0.2, 0.25) is 0 Å². The number of benzene rings is 1. The molecule has 15 heavy (non-hydrogen) atoms. The van der Waals surface area contributed by atoms with Gasteiger partial charge in [0.15, 0.2) is 0 Å². The minimum Gasteiger partial charge on any atom is -0.166 e. The summed E-state index contributed by atoms with van der Waals surface area (Å²) in [6.07, 6.45) is -3.63. The third-order valence-electron chi connectivity index (χ3n) is 1.98. The number of halogens is 4. The van der Waals surface area contributed by atoms with Crippen molar-refractivity contribution < 1.29 is 13.2 Å². The Bertz CT molecular complexity index is 342. The molecule has 0 heterocycles. The lowest BCUT2D eigenvalue weighted by atomic mass is 10.0. The maximum absolute atomic E-state index is 12.4. The lowest BCUT2D eigenvalue weighted by Gasteiger charge is -2.11. The predicted octanol–water partition coefficient (Wildman–Crippen LogP) is 4.56. The van der Waals surface area contributed by atoms with Gasteiger partial charge < -0.3 is 0 Å². The molecule has 1 rings (SSSR count). The van der Waals surface area contributed by atoms with Crippen LogP contribution < -0.4 is 0 Å². The Morgan fingerprint density at radius 1 is 1.27 bits per heavy atom. The summed E-state index contributed by atoms with van der Waals surface area (Å²) in [5, 5.41) is -0.222. The summed E-state index contributed by atoms with van der Waals surface area (Å²) in [5.41, 5.74) is 0.0691. The van der Waals surface area contributed by atoms with Crippen LogP contribution in [0.2, 0.25) is 5.02 Å². The SMILES string of the molecule is CC(C)Cc1ccc(C(F)(F)F)c(Cl)c1. The van der Waals surface area contributed by atoms with E-state index in [2.05, 4.69) is 0 Å². The molecule has 0 bridgehead atoms. The van der Waals surface area contributed by atoms with Gasteiger partial charge in [-0.05, 0) is 30.0 Å². The first-order chi connectivity index (χ1) is 6.80. The van der Waals surface area contributed by atoms with Crippen molar-refractivity contribution in [3.8, 4) is 0 Å². The number of rotatable bonds is 2. The molecule has 0 spiro atoms. The summed E-state index contributed by atoms with van der Waals surface area (Å²) < 4.78 is 37.1. The fourth-order valence-corrected chi connectivity index (χ4v) is 1.70. The van der Waals surface area contributed by atoms with E-state index in [1.165, 1.54) is 12.1 Å². The van der Waals surface area contributed by atoms with Crippen LogP contribution in [0.4, 0.5) is 13.2 Å². The van der Waals surface area contributed by atoms with Gasteiger partial charge in [0, 0.05) is 0 Å². The standard InChI is InChI=1S/C11H12ClF3/c1-7(2)5-8-3-4-9(10(12)6-8)11(13,14)15/h3-4,6-7H,5H2,1-2H3. The zero-order valence-electron chi connectivity index (χ0n) is 8.53. The molecule has 0 radical (unpaired) electrons. The van der Waals surface area contributed by atoms with Crippen LogP contribution in [-0.4, -0.2) is 0 Å². The average molecular weight is 237 g/mol. The Labute approximate surface area is 92.1 Å². The zero-order chi connectivity index (χ0) is 11.6. The lowest BCUT2D eigenvalue weighted by molar-refractivity contribution is -0.137. The Balaban J connectivity index is 2.99. The summed E-state index contributed by atoms with van der Waals surface area (Å²) in [6, 6.07) is 3.92. The van der Waals surface area contributed by atoms with E-state index in [1.807, 2.05) is 13.8 Å². The van der Waals surface area contributed by atoms with Crippen molar-refractivity contribution in [1.29, 1.82) is 0 Å². The van der Waals surface area contributed by atoms with Crippen molar-refractivity contribution in [2.45, 2.75) is 26.4 Å². The van der Waals surface area contributed by atoms with Crippen molar-refractivity contribution in [2.75, 3.05) is 0 Å². The normalized spacial score (nSPS) is 12.2. The number of hydrogen-bond acceptors (Lipinski definition) is 0. The Morgan fingerprint density at radius 2 is 1.87 bits per heavy atom. The van der Waals surface area contributed by atoms with Gasteiger partial charge in [-0.1, -0.05) is 31.5 Å². The molecule has 0 N–H and O–H groups in total. The quantitative estimate of drug-likeness (QED) is 0.706. The van der Waals surface area contributed by atoms with Crippen LogP contribution in [0.5, 0.6) is 0 Å². The molecule has 84 valence electrons. The average Bonchev–Trinajstić information content (AvgIpc) is 1.99. The smallest absolute Gasteiger partial charge is 0.166 e. The summed E-state index contributed by atoms with van der Waals surface area (Å²) in [7, 11) is 0. The van der Waals surface area contributed by atoms with Crippen LogP contribution >= 0.6 is 11.6 Å². The van der Waals surface area contributed by atoms with Crippen LogP contribution in [0.3, 0.4) is 0 Å². The molecule has 0 aromatic heterocycles. The second-order valence-electron chi connectivity index (χ2n) is 3.91. The minimum absolute atomic E-state index is 0.222.